The van der Waals surface area contributed by atoms with E-state index in [9.17, 15) is 14.4 Å². The maximum absolute atomic E-state index is 12.9. The number of piperidine rings is 1. The van der Waals surface area contributed by atoms with E-state index in [-0.39, 0.29) is 23.6 Å². The van der Waals surface area contributed by atoms with Crippen molar-refractivity contribution in [3.63, 3.8) is 0 Å². The number of hydrogen-bond acceptors (Lipinski definition) is 5. The van der Waals surface area contributed by atoms with Gasteiger partial charge in [0.1, 0.15) is 0 Å². The van der Waals surface area contributed by atoms with Crippen molar-refractivity contribution >= 4 is 29.1 Å². The number of rotatable bonds is 5. The van der Waals surface area contributed by atoms with Gasteiger partial charge in [-0.25, -0.2) is 0 Å². The van der Waals surface area contributed by atoms with Crippen LogP contribution in [0.15, 0.2) is 41.8 Å². The molecule has 4 rings (SSSR count). The van der Waals surface area contributed by atoms with Crippen LogP contribution in [0, 0.1) is 5.92 Å². The van der Waals surface area contributed by atoms with Gasteiger partial charge in [-0.15, -0.1) is 11.3 Å². The highest BCUT2D eigenvalue weighted by molar-refractivity contribution is 7.12. The molecule has 0 aliphatic carbocycles. The molecule has 2 saturated heterocycles. The normalized spacial score (nSPS) is 17.9. The van der Waals surface area contributed by atoms with Crippen molar-refractivity contribution in [3.8, 4) is 0 Å². The van der Waals surface area contributed by atoms with Crippen molar-refractivity contribution in [1.29, 1.82) is 0 Å². The number of benzene rings is 1. The smallest absolute Gasteiger partial charge is 0.261 e. The number of amides is 3. The number of likely N-dealkylation sites (N-methyl/N-ethyl adjacent to an activating group) is 1. The molecule has 0 spiro atoms. The van der Waals surface area contributed by atoms with Gasteiger partial charge in [0.15, 0.2) is 0 Å². The average Bonchev–Trinajstić information content (AvgIpc) is 3.38. The second-order valence-corrected chi connectivity index (χ2v) is 9.50. The lowest BCUT2D eigenvalue weighted by Crippen LogP contribution is -2.51. The van der Waals surface area contributed by atoms with Gasteiger partial charge in [-0.05, 0) is 49.0 Å². The number of nitrogens with zero attached hydrogens (tertiary/aromatic N) is 3. The molecule has 170 valence electrons. The summed E-state index contributed by atoms with van der Waals surface area (Å²) in [7, 11) is 2.08. The number of thiophene rings is 1. The second-order valence-electron chi connectivity index (χ2n) is 8.55. The van der Waals surface area contributed by atoms with Crippen LogP contribution in [0.1, 0.15) is 38.4 Å². The lowest BCUT2D eigenvalue weighted by molar-refractivity contribution is -0.138. The van der Waals surface area contributed by atoms with Gasteiger partial charge in [0.25, 0.3) is 11.8 Å². The van der Waals surface area contributed by atoms with Gasteiger partial charge in [0.05, 0.1) is 4.88 Å². The first-order chi connectivity index (χ1) is 15.5. The minimum Gasteiger partial charge on any atom is -0.347 e. The van der Waals surface area contributed by atoms with E-state index in [1.54, 1.807) is 6.07 Å². The van der Waals surface area contributed by atoms with Crippen molar-refractivity contribution < 1.29 is 14.4 Å². The third-order valence-electron chi connectivity index (χ3n) is 6.35. The van der Waals surface area contributed by atoms with E-state index in [0.717, 1.165) is 44.6 Å². The fourth-order valence-electron chi connectivity index (χ4n) is 4.24. The highest BCUT2D eigenvalue weighted by Gasteiger charge is 2.31. The molecule has 2 aliphatic rings. The molecule has 1 aromatic carbocycles. The van der Waals surface area contributed by atoms with Gasteiger partial charge in [0.2, 0.25) is 5.91 Å². The molecule has 32 heavy (non-hydrogen) atoms. The van der Waals surface area contributed by atoms with Crippen LogP contribution in [-0.2, 0) is 11.3 Å². The molecule has 2 aliphatic heterocycles. The van der Waals surface area contributed by atoms with Crippen molar-refractivity contribution in [3.05, 3.63) is 57.8 Å². The molecule has 2 fully saturated rings. The molecule has 7 nitrogen and oxygen atoms in total. The van der Waals surface area contributed by atoms with E-state index >= 15 is 0 Å². The number of carbonyl (C=O) groups is 3. The number of hydrogen-bond donors (Lipinski definition) is 1. The molecule has 1 aromatic heterocycles. The van der Waals surface area contributed by atoms with Crippen LogP contribution < -0.4 is 5.32 Å². The Balaban J connectivity index is 1.25. The minimum absolute atomic E-state index is 0.00432. The molecular formula is C24H30N4O3S. The number of likely N-dealkylation sites (tertiary alicyclic amines) is 1. The Kier molecular flexibility index (Phi) is 7.22. The topological polar surface area (TPSA) is 73.0 Å². The van der Waals surface area contributed by atoms with Crippen LogP contribution >= 0.6 is 11.3 Å². The summed E-state index contributed by atoms with van der Waals surface area (Å²) in [5.41, 5.74) is 1.59. The number of nitrogens with one attached hydrogen (secondary N) is 1. The first-order valence-corrected chi connectivity index (χ1v) is 12.1. The molecule has 1 N–H and O–H groups in total. The zero-order chi connectivity index (χ0) is 22.5. The molecule has 0 saturated carbocycles. The summed E-state index contributed by atoms with van der Waals surface area (Å²) < 4.78 is 0. The van der Waals surface area contributed by atoms with Crippen LogP contribution in [0.3, 0.4) is 0 Å². The maximum Gasteiger partial charge on any atom is 0.261 e. The van der Waals surface area contributed by atoms with Crippen molar-refractivity contribution in [2.24, 2.45) is 5.92 Å². The zero-order valence-corrected chi connectivity index (χ0v) is 19.3. The van der Waals surface area contributed by atoms with E-state index in [4.69, 9.17) is 0 Å². The molecular weight excluding hydrogens is 424 g/mol. The first kappa shape index (κ1) is 22.5. The zero-order valence-electron chi connectivity index (χ0n) is 18.5. The summed E-state index contributed by atoms with van der Waals surface area (Å²) in [4.78, 5) is 44.5. The van der Waals surface area contributed by atoms with Crippen LogP contribution in [0.25, 0.3) is 0 Å². The molecule has 3 heterocycles. The molecule has 0 radical (unpaired) electrons. The van der Waals surface area contributed by atoms with Crippen LogP contribution in [-0.4, -0.2) is 78.7 Å². The summed E-state index contributed by atoms with van der Waals surface area (Å²) in [5.74, 6) is 0.190. The SMILES string of the molecule is CN1CCN(C(=O)C2CCN(C(=O)c3ccc(CNC(=O)c4cccs4)cc3)CC2)CC1. The summed E-state index contributed by atoms with van der Waals surface area (Å²) in [6, 6.07) is 11.0. The summed E-state index contributed by atoms with van der Waals surface area (Å²) in [6.07, 6.45) is 1.45. The van der Waals surface area contributed by atoms with Crippen molar-refractivity contribution in [1.82, 2.24) is 20.0 Å². The highest BCUT2D eigenvalue weighted by Crippen LogP contribution is 2.22. The average molecular weight is 455 g/mol. The van der Waals surface area contributed by atoms with E-state index in [2.05, 4.69) is 17.3 Å². The van der Waals surface area contributed by atoms with Crippen LogP contribution in [0.5, 0.6) is 0 Å². The Morgan fingerprint density at radius 3 is 2.25 bits per heavy atom. The summed E-state index contributed by atoms with van der Waals surface area (Å²) in [5, 5.41) is 4.77. The predicted octanol–water partition coefficient (Wildman–Crippen LogP) is 2.30. The number of carbonyl (C=O) groups excluding carboxylic acids is 3. The standard InChI is InChI=1S/C24H30N4O3S/c1-26-12-14-28(15-13-26)24(31)20-8-10-27(11-9-20)23(30)19-6-4-18(5-7-19)17-25-22(29)21-3-2-16-32-21/h2-7,16,20H,8-15,17H2,1H3,(H,25,29). The molecule has 8 heteroatoms. The van der Waals surface area contributed by atoms with Gasteiger partial charge in [-0.3, -0.25) is 14.4 Å². The van der Waals surface area contributed by atoms with E-state index in [1.807, 2.05) is 45.5 Å². The second kappa shape index (κ2) is 10.3. The van der Waals surface area contributed by atoms with Crippen molar-refractivity contribution in [2.75, 3.05) is 46.3 Å². The Hall–Kier alpha value is -2.71. The van der Waals surface area contributed by atoms with Gasteiger partial charge in [-0.2, -0.15) is 0 Å². The summed E-state index contributed by atoms with van der Waals surface area (Å²) >= 11 is 1.41. The van der Waals surface area contributed by atoms with Crippen LogP contribution in [0.4, 0.5) is 0 Å². The first-order valence-electron chi connectivity index (χ1n) is 11.2. The van der Waals surface area contributed by atoms with Gasteiger partial charge in [-0.1, -0.05) is 18.2 Å². The summed E-state index contributed by atoms with van der Waals surface area (Å²) in [6.45, 7) is 5.10. The Morgan fingerprint density at radius 1 is 0.938 bits per heavy atom. The fraction of sp³-hybridized carbons (Fsp3) is 0.458. The van der Waals surface area contributed by atoms with E-state index < -0.39 is 0 Å². The monoisotopic (exact) mass is 454 g/mol. The molecule has 3 amide bonds. The Labute approximate surface area is 193 Å². The molecule has 2 aromatic rings. The quantitative estimate of drug-likeness (QED) is 0.753. The minimum atomic E-state index is -0.0888. The van der Waals surface area contributed by atoms with Crippen molar-refractivity contribution in [2.45, 2.75) is 19.4 Å². The van der Waals surface area contributed by atoms with Gasteiger partial charge < -0.3 is 20.0 Å². The van der Waals surface area contributed by atoms with Gasteiger partial charge in [0, 0.05) is 57.3 Å². The Bertz CT molecular complexity index is 929. The lowest BCUT2D eigenvalue weighted by atomic mass is 9.94. The molecule has 0 bridgehead atoms. The lowest BCUT2D eigenvalue weighted by Gasteiger charge is -2.37. The van der Waals surface area contributed by atoms with Crippen LogP contribution in [0.2, 0.25) is 0 Å². The maximum atomic E-state index is 12.9. The van der Waals surface area contributed by atoms with Gasteiger partial charge >= 0.3 is 0 Å². The fourth-order valence-corrected chi connectivity index (χ4v) is 4.88. The predicted molar refractivity (Wildman–Crippen MR) is 125 cm³/mol. The van der Waals surface area contributed by atoms with E-state index in [1.165, 1.54) is 11.3 Å². The molecule has 0 unspecified atom stereocenters. The van der Waals surface area contributed by atoms with E-state index in [0.29, 0.717) is 30.1 Å². The largest absolute Gasteiger partial charge is 0.347 e. The highest BCUT2D eigenvalue weighted by atomic mass is 32.1. The third kappa shape index (κ3) is 5.37. The molecule has 0 atom stereocenters. The number of piperazine rings is 1. The third-order valence-corrected chi connectivity index (χ3v) is 7.21. The Morgan fingerprint density at radius 2 is 1.62 bits per heavy atom.